The third-order valence-electron chi connectivity index (χ3n) is 4.62. The van der Waals surface area contributed by atoms with Crippen molar-refractivity contribution in [1.82, 2.24) is 4.98 Å². The maximum Gasteiger partial charge on any atom is 0.497 e. The lowest BCUT2D eigenvalue weighted by molar-refractivity contribution is 0.00578. The highest BCUT2D eigenvalue weighted by molar-refractivity contribution is 6.65. The molecular weight excluding hydrogens is 281 g/mol. The van der Waals surface area contributed by atoms with E-state index in [1.54, 1.807) is 12.1 Å². The predicted octanol–water partition coefficient (Wildman–Crippen LogP) is 2.25. The molecule has 0 bridgehead atoms. The Kier molecular flexibility index (Phi) is 3.34. The van der Waals surface area contributed by atoms with Crippen LogP contribution in [0.3, 0.4) is 0 Å². The van der Waals surface area contributed by atoms with Gasteiger partial charge < -0.3 is 19.0 Å². The molecule has 0 unspecified atom stereocenters. The maximum atomic E-state index is 11.9. The number of benzene rings is 1. The Labute approximate surface area is 130 Å². The first-order chi connectivity index (χ1) is 10.2. The average Bonchev–Trinajstić information content (AvgIpc) is 2.99. The van der Waals surface area contributed by atoms with Gasteiger partial charge in [-0.25, -0.2) is 4.79 Å². The molecule has 1 N–H and O–H groups in total. The van der Waals surface area contributed by atoms with Crippen LogP contribution in [-0.4, -0.2) is 36.4 Å². The fourth-order valence-electron chi connectivity index (χ4n) is 2.59. The second kappa shape index (κ2) is 4.86. The molecule has 3 rings (SSSR count). The monoisotopic (exact) mass is 301 g/mol. The van der Waals surface area contributed by atoms with E-state index in [0.29, 0.717) is 5.56 Å². The lowest BCUT2D eigenvalue weighted by Gasteiger charge is -2.32. The zero-order valence-corrected chi connectivity index (χ0v) is 13.5. The molecule has 0 radical (unpaired) electrons. The van der Waals surface area contributed by atoms with Crippen molar-refractivity contribution >= 4 is 29.5 Å². The summed E-state index contributed by atoms with van der Waals surface area (Å²) in [7, 11) is 0.841. The van der Waals surface area contributed by atoms with Crippen molar-refractivity contribution in [3.8, 4) is 0 Å². The number of ether oxygens (including phenoxy) is 1. The topological polar surface area (TPSA) is 60.6 Å². The molecule has 0 amide bonds. The summed E-state index contributed by atoms with van der Waals surface area (Å²) in [6.45, 7) is 8.01. The van der Waals surface area contributed by atoms with Crippen LogP contribution < -0.4 is 5.46 Å². The minimum absolute atomic E-state index is 0.374. The number of aromatic nitrogens is 1. The molecule has 5 nitrogen and oxygen atoms in total. The van der Waals surface area contributed by atoms with Gasteiger partial charge in [0, 0.05) is 17.2 Å². The van der Waals surface area contributed by atoms with E-state index >= 15 is 0 Å². The molecule has 1 aliphatic rings. The summed E-state index contributed by atoms with van der Waals surface area (Å²) in [5.74, 6) is -0.374. The van der Waals surface area contributed by atoms with E-state index in [4.69, 9.17) is 14.0 Å². The fourth-order valence-corrected chi connectivity index (χ4v) is 2.59. The Balaban J connectivity index is 2.11. The number of fused-ring (bicyclic) bond motifs is 1. The van der Waals surface area contributed by atoms with Gasteiger partial charge in [-0.05, 0) is 51.3 Å². The quantitative estimate of drug-likeness (QED) is 0.683. The van der Waals surface area contributed by atoms with Crippen LogP contribution in [0.15, 0.2) is 24.4 Å². The van der Waals surface area contributed by atoms with E-state index in [-0.39, 0.29) is 5.97 Å². The number of esters is 1. The van der Waals surface area contributed by atoms with Crippen LogP contribution in [0.5, 0.6) is 0 Å². The van der Waals surface area contributed by atoms with Gasteiger partial charge in [-0.1, -0.05) is 0 Å². The molecular formula is C16H20BNO4. The Morgan fingerprint density at radius 1 is 1.18 bits per heavy atom. The standard InChI is InChI=1S/C16H20BNO4/c1-15(2)16(3,4)22-17(21-15)12-9-11(14(19)20-5)8-10-6-7-18-13(10)12/h6-9,18H,1-5H3. The van der Waals surface area contributed by atoms with Gasteiger partial charge in [0.05, 0.1) is 23.9 Å². The summed E-state index contributed by atoms with van der Waals surface area (Å²) < 4.78 is 17.0. The minimum Gasteiger partial charge on any atom is -0.465 e. The molecule has 0 atom stereocenters. The molecule has 0 saturated carbocycles. The number of aromatic amines is 1. The van der Waals surface area contributed by atoms with Crippen molar-refractivity contribution in [2.45, 2.75) is 38.9 Å². The minimum atomic E-state index is -0.532. The van der Waals surface area contributed by atoms with Gasteiger partial charge in [-0.15, -0.1) is 0 Å². The number of methoxy groups -OCH3 is 1. The van der Waals surface area contributed by atoms with E-state index in [1.807, 2.05) is 40.0 Å². The van der Waals surface area contributed by atoms with Gasteiger partial charge >= 0.3 is 13.1 Å². The van der Waals surface area contributed by atoms with Crippen molar-refractivity contribution in [2.75, 3.05) is 7.11 Å². The van der Waals surface area contributed by atoms with Crippen LogP contribution >= 0.6 is 0 Å². The number of nitrogens with one attached hydrogen (secondary N) is 1. The van der Waals surface area contributed by atoms with Crippen LogP contribution in [0.25, 0.3) is 10.9 Å². The number of carbonyl (C=O) groups is 1. The predicted molar refractivity (Wildman–Crippen MR) is 85.4 cm³/mol. The van der Waals surface area contributed by atoms with Crippen molar-refractivity contribution in [3.05, 3.63) is 30.0 Å². The first kappa shape index (κ1) is 15.1. The Bertz CT molecular complexity index is 719. The summed E-state index contributed by atoms with van der Waals surface area (Å²) in [4.78, 5) is 15.1. The Morgan fingerprint density at radius 2 is 1.82 bits per heavy atom. The highest BCUT2D eigenvalue weighted by Gasteiger charge is 2.52. The number of hydrogen-bond acceptors (Lipinski definition) is 4. The van der Waals surface area contributed by atoms with E-state index in [2.05, 4.69) is 4.98 Å². The molecule has 2 heterocycles. The number of hydrogen-bond donors (Lipinski definition) is 1. The summed E-state index contributed by atoms with van der Waals surface area (Å²) in [5.41, 5.74) is 1.34. The average molecular weight is 301 g/mol. The highest BCUT2D eigenvalue weighted by atomic mass is 16.7. The van der Waals surface area contributed by atoms with Gasteiger partial charge in [0.2, 0.25) is 0 Å². The van der Waals surface area contributed by atoms with Crippen LogP contribution in [0.4, 0.5) is 0 Å². The first-order valence-corrected chi connectivity index (χ1v) is 7.30. The summed E-state index contributed by atoms with van der Waals surface area (Å²) in [6, 6.07) is 5.48. The van der Waals surface area contributed by atoms with Crippen LogP contribution in [0.1, 0.15) is 38.1 Å². The number of carbonyl (C=O) groups excluding carboxylic acids is 1. The van der Waals surface area contributed by atoms with Gasteiger partial charge in [0.1, 0.15) is 0 Å². The van der Waals surface area contributed by atoms with E-state index in [0.717, 1.165) is 16.4 Å². The number of H-pyrrole nitrogens is 1. The highest BCUT2D eigenvalue weighted by Crippen LogP contribution is 2.37. The maximum absolute atomic E-state index is 11.9. The third-order valence-corrected chi connectivity index (χ3v) is 4.62. The first-order valence-electron chi connectivity index (χ1n) is 7.30. The van der Waals surface area contributed by atoms with Gasteiger partial charge in [-0.3, -0.25) is 0 Å². The lowest BCUT2D eigenvalue weighted by Crippen LogP contribution is -2.41. The summed E-state index contributed by atoms with van der Waals surface area (Å²) >= 11 is 0. The smallest absolute Gasteiger partial charge is 0.465 e. The molecule has 0 aliphatic carbocycles. The van der Waals surface area contributed by atoms with E-state index in [9.17, 15) is 4.79 Å². The van der Waals surface area contributed by atoms with Crippen molar-refractivity contribution in [2.24, 2.45) is 0 Å². The molecule has 1 aromatic carbocycles. The summed E-state index contributed by atoms with van der Waals surface area (Å²) in [5, 5.41) is 0.924. The largest absolute Gasteiger partial charge is 0.497 e. The Morgan fingerprint density at radius 3 is 2.41 bits per heavy atom. The van der Waals surface area contributed by atoms with Gasteiger partial charge in [0.25, 0.3) is 0 Å². The lowest BCUT2D eigenvalue weighted by atomic mass is 9.77. The summed E-state index contributed by atoms with van der Waals surface area (Å²) in [6.07, 6.45) is 1.83. The van der Waals surface area contributed by atoms with Crippen molar-refractivity contribution in [3.63, 3.8) is 0 Å². The second-order valence-corrected chi connectivity index (χ2v) is 6.59. The molecule has 1 aliphatic heterocycles. The normalized spacial score (nSPS) is 19.6. The molecule has 1 aromatic heterocycles. The molecule has 1 fully saturated rings. The zero-order valence-electron chi connectivity index (χ0n) is 13.5. The fraction of sp³-hybridized carbons (Fsp3) is 0.438. The Hall–Kier alpha value is -1.79. The van der Waals surface area contributed by atoms with Crippen molar-refractivity contribution in [1.29, 1.82) is 0 Å². The molecule has 22 heavy (non-hydrogen) atoms. The number of rotatable bonds is 2. The second-order valence-electron chi connectivity index (χ2n) is 6.59. The molecule has 2 aromatic rings. The van der Waals surface area contributed by atoms with E-state index < -0.39 is 18.3 Å². The molecule has 0 spiro atoms. The van der Waals surface area contributed by atoms with Crippen molar-refractivity contribution < 1.29 is 18.8 Å². The van der Waals surface area contributed by atoms with Crippen LogP contribution in [0, 0.1) is 0 Å². The molecule has 116 valence electrons. The molecule has 1 saturated heterocycles. The van der Waals surface area contributed by atoms with Gasteiger partial charge in [0.15, 0.2) is 0 Å². The van der Waals surface area contributed by atoms with E-state index in [1.165, 1.54) is 7.11 Å². The third kappa shape index (κ3) is 2.23. The molecule has 6 heteroatoms. The zero-order chi connectivity index (χ0) is 16.1. The van der Waals surface area contributed by atoms with Crippen LogP contribution in [0.2, 0.25) is 0 Å². The SMILES string of the molecule is COC(=O)c1cc(B2OC(C)(C)C(C)(C)O2)c2[nH]ccc2c1. The van der Waals surface area contributed by atoms with Crippen LogP contribution in [-0.2, 0) is 14.0 Å². The van der Waals surface area contributed by atoms with Gasteiger partial charge in [-0.2, -0.15) is 0 Å².